The summed E-state index contributed by atoms with van der Waals surface area (Å²) in [6.45, 7) is 10.4. The summed E-state index contributed by atoms with van der Waals surface area (Å²) in [4.78, 5) is 8.52. The maximum absolute atomic E-state index is 5.63. The summed E-state index contributed by atoms with van der Waals surface area (Å²) in [5, 5.41) is 8.83. The minimum absolute atomic E-state index is 0.323. The molecule has 1 aliphatic heterocycles. The average molecular weight is 387 g/mol. The van der Waals surface area contributed by atoms with Gasteiger partial charge in [0.2, 0.25) is 0 Å². The number of guanidine groups is 1. The zero-order chi connectivity index (χ0) is 18.9. The number of thiophene rings is 1. The molecule has 1 fully saturated rings. The van der Waals surface area contributed by atoms with Crippen molar-refractivity contribution in [3.8, 4) is 0 Å². The third-order valence-electron chi connectivity index (χ3n) is 4.50. The summed E-state index contributed by atoms with van der Waals surface area (Å²) in [7, 11) is 0. The van der Waals surface area contributed by atoms with E-state index in [1.807, 2.05) is 0 Å². The highest BCUT2D eigenvalue weighted by Crippen LogP contribution is 2.13. The van der Waals surface area contributed by atoms with Crippen LogP contribution in [-0.4, -0.2) is 43.2 Å². The first-order valence-electron chi connectivity index (χ1n) is 9.69. The molecule has 2 aromatic rings. The molecule has 0 saturated carbocycles. The van der Waals surface area contributed by atoms with Crippen LogP contribution >= 0.6 is 11.3 Å². The number of benzene rings is 1. The standard InChI is InChI=1S/C21H30N4OS/c1-3-22-21(24-14-20-8-5-11-27-20)23-13-18-6-4-7-19(12-18)16-25-9-10-26-17(2)15-25/h4-8,11-12,17H,3,9-10,13-16H2,1-2H3,(H2,22,23,24). The molecule has 5 nitrogen and oxygen atoms in total. The molecule has 1 saturated heterocycles. The van der Waals surface area contributed by atoms with E-state index in [-0.39, 0.29) is 0 Å². The summed E-state index contributed by atoms with van der Waals surface area (Å²) >= 11 is 1.76. The first-order chi connectivity index (χ1) is 13.2. The molecule has 1 unspecified atom stereocenters. The number of ether oxygens (including phenoxy) is 1. The lowest BCUT2D eigenvalue weighted by Gasteiger charge is -2.31. The van der Waals surface area contributed by atoms with Crippen LogP contribution in [0.3, 0.4) is 0 Å². The third-order valence-corrected chi connectivity index (χ3v) is 5.37. The number of hydrogen-bond acceptors (Lipinski definition) is 4. The van der Waals surface area contributed by atoms with E-state index in [0.717, 1.165) is 45.3 Å². The van der Waals surface area contributed by atoms with Crippen LogP contribution in [0.1, 0.15) is 29.9 Å². The highest BCUT2D eigenvalue weighted by Gasteiger charge is 2.16. The SMILES string of the molecule is CCNC(=NCc1cccc(CN2CCOC(C)C2)c1)NCc1cccs1. The Morgan fingerprint density at radius 2 is 2.15 bits per heavy atom. The van der Waals surface area contributed by atoms with Gasteiger partial charge in [-0.05, 0) is 36.4 Å². The van der Waals surface area contributed by atoms with Gasteiger partial charge in [0.25, 0.3) is 0 Å². The van der Waals surface area contributed by atoms with Gasteiger partial charge in [-0.15, -0.1) is 11.3 Å². The van der Waals surface area contributed by atoms with E-state index >= 15 is 0 Å². The van der Waals surface area contributed by atoms with E-state index in [0.29, 0.717) is 12.6 Å². The van der Waals surface area contributed by atoms with Gasteiger partial charge in [-0.25, -0.2) is 4.99 Å². The van der Waals surface area contributed by atoms with Gasteiger partial charge in [0.15, 0.2) is 5.96 Å². The zero-order valence-electron chi connectivity index (χ0n) is 16.3. The second-order valence-corrected chi connectivity index (χ2v) is 7.90. The van der Waals surface area contributed by atoms with Crippen molar-refractivity contribution in [2.45, 2.75) is 39.6 Å². The lowest BCUT2D eigenvalue weighted by molar-refractivity contribution is -0.0212. The average Bonchev–Trinajstić information content (AvgIpc) is 3.18. The van der Waals surface area contributed by atoms with Crippen LogP contribution in [0.5, 0.6) is 0 Å². The number of aliphatic imine (C=N–C) groups is 1. The molecule has 0 aliphatic carbocycles. The van der Waals surface area contributed by atoms with Crippen molar-refractivity contribution in [1.82, 2.24) is 15.5 Å². The first kappa shape index (κ1) is 19.9. The molecule has 146 valence electrons. The summed E-state index contributed by atoms with van der Waals surface area (Å²) in [6.07, 6.45) is 0.323. The fraction of sp³-hybridized carbons (Fsp3) is 0.476. The predicted molar refractivity (Wildman–Crippen MR) is 113 cm³/mol. The summed E-state index contributed by atoms with van der Waals surface area (Å²) in [5.41, 5.74) is 2.58. The molecule has 1 atom stereocenters. The Hall–Kier alpha value is -1.89. The molecule has 6 heteroatoms. The topological polar surface area (TPSA) is 48.9 Å². The Kier molecular flexibility index (Phi) is 7.68. The molecule has 0 amide bonds. The normalized spacial score (nSPS) is 18.4. The Labute approximate surface area is 166 Å². The lowest BCUT2D eigenvalue weighted by Crippen LogP contribution is -2.40. The van der Waals surface area contributed by atoms with Gasteiger partial charge in [0.1, 0.15) is 0 Å². The van der Waals surface area contributed by atoms with Crippen molar-refractivity contribution in [3.05, 3.63) is 57.8 Å². The molecule has 0 spiro atoms. The van der Waals surface area contributed by atoms with Gasteiger partial charge in [-0.1, -0.05) is 30.3 Å². The fourth-order valence-electron chi connectivity index (χ4n) is 3.21. The van der Waals surface area contributed by atoms with E-state index in [4.69, 9.17) is 9.73 Å². The van der Waals surface area contributed by atoms with E-state index in [2.05, 4.69) is 71.2 Å². The predicted octanol–water partition coefficient (Wildman–Crippen LogP) is 3.22. The number of hydrogen-bond donors (Lipinski definition) is 2. The van der Waals surface area contributed by atoms with Gasteiger partial charge in [-0.3, -0.25) is 4.90 Å². The largest absolute Gasteiger partial charge is 0.376 e. The van der Waals surface area contributed by atoms with E-state index < -0.39 is 0 Å². The molecule has 0 bridgehead atoms. The van der Waals surface area contributed by atoms with Crippen molar-refractivity contribution in [1.29, 1.82) is 0 Å². The molecule has 3 rings (SSSR count). The zero-order valence-corrected chi connectivity index (χ0v) is 17.1. The van der Waals surface area contributed by atoms with Gasteiger partial charge in [-0.2, -0.15) is 0 Å². The quantitative estimate of drug-likeness (QED) is 0.567. The van der Waals surface area contributed by atoms with Gasteiger partial charge in [0.05, 0.1) is 25.8 Å². The van der Waals surface area contributed by atoms with Crippen LogP contribution < -0.4 is 10.6 Å². The minimum Gasteiger partial charge on any atom is -0.376 e. The van der Waals surface area contributed by atoms with Crippen LogP contribution in [0.2, 0.25) is 0 Å². The van der Waals surface area contributed by atoms with Gasteiger partial charge >= 0.3 is 0 Å². The molecular formula is C21H30N4OS. The summed E-state index contributed by atoms with van der Waals surface area (Å²) < 4.78 is 5.63. The molecule has 2 heterocycles. The van der Waals surface area contributed by atoms with Gasteiger partial charge in [0, 0.05) is 31.1 Å². The summed E-state index contributed by atoms with van der Waals surface area (Å²) in [5.74, 6) is 0.860. The Morgan fingerprint density at radius 1 is 1.26 bits per heavy atom. The second-order valence-electron chi connectivity index (χ2n) is 6.86. The molecular weight excluding hydrogens is 356 g/mol. The van der Waals surface area contributed by atoms with Crippen LogP contribution in [0, 0.1) is 0 Å². The Morgan fingerprint density at radius 3 is 2.93 bits per heavy atom. The summed E-state index contributed by atoms with van der Waals surface area (Å²) in [6, 6.07) is 13.0. The Bertz CT molecular complexity index is 717. The number of nitrogens with zero attached hydrogens (tertiary/aromatic N) is 2. The van der Waals surface area contributed by atoms with E-state index in [1.165, 1.54) is 16.0 Å². The van der Waals surface area contributed by atoms with Crippen LogP contribution in [0.15, 0.2) is 46.8 Å². The molecule has 0 radical (unpaired) electrons. The van der Waals surface area contributed by atoms with Crippen molar-refractivity contribution < 1.29 is 4.74 Å². The monoisotopic (exact) mass is 386 g/mol. The molecule has 2 N–H and O–H groups in total. The maximum atomic E-state index is 5.63. The number of rotatable bonds is 7. The van der Waals surface area contributed by atoms with E-state index in [9.17, 15) is 0 Å². The van der Waals surface area contributed by atoms with E-state index in [1.54, 1.807) is 11.3 Å². The fourth-order valence-corrected chi connectivity index (χ4v) is 3.86. The Balaban J connectivity index is 1.57. The van der Waals surface area contributed by atoms with Gasteiger partial charge < -0.3 is 15.4 Å². The van der Waals surface area contributed by atoms with Crippen LogP contribution in [-0.2, 0) is 24.4 Å². The number of morpholine rings is 1. The van der Waals surface area contributed by atoms with Crippen molar-refractivity contribution in [3.63, 3.8) is 0 Å². The molecule has 1 aliphatic rings. The minimum atomic E-state index is 0.323. The maximum Gasteiger partial charge on any atom is 0.191 e. The molecule has 27 heavy (non-hydrogen) atoms. The van der Waals surface area contributed by atoms with Crippen molar-refractivity contribution in [2.75, 3.05) is 26.2 Å². The highest BCUT2D eigenvalue weighted by atomic mass is 32.1. The van der Waals surface area contributed by atoms with Crippen LogP contribution in [0.25, 0.3) is 0 Å². The van der Waals surface area contributed by atoms with Crippen LogP contribution in [0.4, 0.5) is 0 Å². The third kappa shape index (κ3) is 6.65. The van der Waals surface area contributed by atoms with Crippen molar-refractivity contribution in [2.24, 2.45) is 4.99 Å². The smallest absolute Gasteiger partial charge is 0.191 e. The lowest BCUT2D eigenvalue weighted by atomic mass is 10.1. The number of nitrogens with one attached hydrogen (secondary N) is 2. The molecule has 1 aromatic carbocycles. The van der Waals surface area contributed by atoms with Crippen molar-refractivity contribution >= 4 is 17.3 Å². The molecule has 1 aromatic heterocycles. The second kappa shape index (κ2) is 10.4. The highest BCUT2D eigenvalue weighted by molar-refractivity contribution is 7.09. The first-order valence-corrected chi connectivity index (χ1v) is 10.6.